The number of rotatable bonds is 4. The zero-order valence-corrected chi connectivity index (χ0v) is 13.9. The molecule has 1 heterocycles. The van der Waals surface area contributed by atoms with Crippen LogP contribution in [0.5, 0.6) is 0 Å². The number of hydrogen-bond donors (Lipinski definition) is 0. The molecule has 0 spiro atoms. The molecule has 0 saturated carbocycles. The lowest BCUT2D eigenvalue weighted by Gasteiger charge is -2.40. The molecule has 0 aromatic carbocycles. The maximum atomic E-state index is 13.0. The van der Waals surface area contributed by atoms with Crippen molar-refractivity contribution in [1.82, 2.24) is 4.90 Å². The average molecular weight is 345 g/mol. The molecule has 134 valence electrons. The van der Waals surface area contributed by atoms with E-state index in [-0.39, 0.29) is 12.4 Å². The molecule has 1 saturated heterocycles. The first-order valence-corrected chi connectivity index (χ1v) is 8.06. The number of carbonyl (C=O) groups is 2. The fourth-order valence-electron chi connectivity index (χ4n) is 3.07. The van der Waals surface area contributed by atoms with Crippen LogP contribution in [0.25, 0.3) is 0 Å². The van der Waals surface area contributed by atoms with Crippen LogP contribution >= 0.6 is 0 Å². The van der Waals surface area contributed by atoms with Crippen molar-refractivity contribution in [2.24, 2.45) is 11.3 Å². The second-order valence-electron chi connectivity index (χ2n) is 6.53. The van der Waals surface area contributed by atoms with Gasteiger partial charge in [0.2, 0.25) is 0 Å². The number of ether oxygens (including phenoxy) is 1. The van der Waals surface area contributed by atoms with Gasteiger partial charge in [0.05, 0.1) is 12.0 Å². The van der Waals surface area contributed by atoms with Crippen LogP contribution < -0.4 is 0 Å². The summed E-state index contributed by atoms with van der Waals surface area (Å²) in [4.78, 5) is 24.8. The zero-order valence-electron chi connectivity index (χ0n) is 13.9. The summed E-state index contributed by atoms with van der Waals surface area (Å²) >= 11 is 0. The molecule has 1 fully saturated rings. The number of piperidine rings is 1. The van der Waals surface area contributed by atoms with Crippen molar-refractivity contribution in [3.05, 3.63) is 23.4 Å². The van der Waals surface area contributed by atoms with Gasteiger partial charge in [0.25, 0.3) is 0 Å². The van der Waals surface area contributed by atoms with Crippen molar-refractivity contribution in [3.63, 3.8) is 0 Å². The van der Waals surface area contributed by atoms with E-state index in [0.717, 1.165) is 6.08 Å². The van der Waals surface area contributed by atoms with Gasteiger partial charge in [-0.25, -0.2) is 0 Å². The fourth-order valence-corrected chi connectivity index (χ4v) is 3.07. The molecule has 0 aromatic heterocycles. The van der Waals surface area contributed by atoms with E-state index in [1.54, 1.807) is 13.0 Å². The zero-order chi connectivity index (χ0) is 18.0. The molecule has 1 unspecified atom stereocenters. The van der Waals surface area contributed by atoms with Crippen molar-refractivity contribution in [3.8, 4) is 0 Å². The van der Waals surface area contributed by atoms with Gasteiger partial charge in [-0.05, 0) is 39.2 Å². The van der Waals surface area contributed by atoms with Gasteiger partial charge in [0, 0.05) is 30.3 Å². The number of likely N-dealkylation sites (tertiary alicyclic amines) is 1. The lowest BCUT2D eigenvalue weighted by molar-refractivity contribution is -0.157. The second kappa shape index (κ2) is 6.99. The van der Waals surface area contributed by atoms with Crippen molar-refractivity contribution in [2.75, 3.05) is 19.7 Å². The van der Waals surface area contributed by atoms with E-state index in [9.17, 15) is 22.8 Å². The van der Waals surface area contributed by atoms with Crippen molar-refractivity contribution < 1.29 is 27.5 Å². The molecule has 0 amide bonds. The van der Waals surface area contributed by atoms with E-state index in [4.69, 9.17) is 4.74 Å². The second-order valence-corrected chi connectivity index (χ2v) is 6.53. The predicted octanol–water partition coefficient (Wildman–Crippen LogP) is 3.24. The third-order valence-electron chi connectivity index (χ3n) is 4.70. The van der Waals surface area contributed by atoms with Gasteiger partial charge < -0.3 is 14.4 Å². The van der Waals surface area contributed by atoms with Crippen LogP contribution in [0.3, 0.4) is 0 Å². The summed E-state index contributed by atoms with van der Waals surface area (Å²) in [6.45, 7) is 4.78. The molecule has 24 heavy (non-hydrogen) atoms. The van der Waals surface area contributed by atoms with Crippen molar-refractivity contribution in [1.29, 1.82) is 0 Å². The molecule has 7 heteroatoms. The number of hydrogen-bond acceptors (Lipinski definition) is 4. The van der Waals surface area contributed by atoms with Crippen LogP contribution in [-0.2, 0) is 14.3 Å². The molecule has 0 N–H and O–H groups in total. The van der Waals surface area contributed by atoms with Crippen molar-refractivity contribution in [2.45, 2.75) is 39.3 Å². The van der Waals surface area contributed by atoms with Crippen LogP contribution in [0.1, 0.15) is 33.1 Å². The Morgan fingerprint density at radius 3 is 2.54 bits per heavy atom. The molecule has 4 nitrogen and oxygen atoms in total. The van der Waals surface area contributed by atoms with Crippen LogP contribution in [0.15, 0.2) is 23.4 Å². The Morgan fingerprint density at radius 2 is 2.04 bits per heavy atom. The van der Waals surface area contributed by atoms with Crippen LogP contribution in [0.2, 0.25) is 0 Å². The van der Waals surface area contributed by atoms with Gasteiger partial charge in [-0.2, -0.15) is 13.2 Å². The highest BCUT2D eigenvalue weighted by Gasteiger charge is 2.40. The monoisotopic (exact) mass is 345 g/mol. The Labute approximate surface area is 139 Å². The highest BCUT2D eigenvalue weighted by Crippen LogP contribution is 2.38. The summed E-state index contributed by atoms with van der Waals surface area (Å²) in [6, 6.07) is 0. The maximum absolute atomic E-state index is 13.0. The minimum absolute atomic E-state index is 0.264. The molecule has 0 bridgehead atoms. The normalized spacial score (nSPS) is 24.0. The summed E-state index contributed by atoms with van der Waals surface area (Å²) in [6.07, 6.45) is -0.497. The summed E-state index contributed by atoms with van der Waals surface area (Å²) in [7, 11) is 0. The molecule has 2 rings (SSSR count). The highest BCUT2D eigenvalue weighted by molar-refractivity contribution is 5.76. The third-order valence-corrected chi connectivity index (χ3v) is 4.70. The number of alkyl halides is 3. The Kier molecular flexibility index (Phi) is 5.40. The van der Waals surface area contributed by atoms with E-state index < -0.39 is 23.1 Å². The Bertz CT molecular complexity index is 558. The van der Waals surface area contributed by atoms with Crippen LogP contribution in [-0.4, -0.2) is 43.0 Å². The van der Waals surface area contributed by atoms with E-state index in [1.165, 1.54) is 0 Å². The van der Waals surface area contributed by atoms with Gasteiger partial charge >= 0.3 is 12.1 Å². The van der Waals surface area contributed by atoms with E-state index in [2.05, 4.69) is 0 Å². The molecule has 2 aliphatic rings. The van der Waals surface area contributed by atoms with Gasteiger partial charge in [-0.1, -0.05) is 6.08 Å². The third kappa shape index (κ3) is 3.99. The first-order chi connectivity index (χ1) is 11.2. The van der Waals surface area contributed by atoms with Gasteiger partial charge in [-0.15, -0.1) is 0 Å². The molecule has 1 atom stereocenters. The largest absolute Gasteiger partial charge is 0.466 e. The molecule has 1 aliphatic heterocycles. The average Bonchev–Trinajstić information content (AvgIpc) is 2.54. The van der Waals surface area contributed by atoms with E-state index in [1.807, 2.05) is 11.8 Å². The topological polar surface area (TPSA) is 46.6 Å². The smallest absolute Gasteiger partial charge is 0.412 e. The van der Waals surface area contributed by atoms with Crippen molar-refractivity contribution >= 4 is 12.3 Å². The fraction of sp³-hybridized carbons (Fsp3) is 0.647. The number of aldehydes is 1. The highest BCUT2D eigenvalue weighted by atomic mass is 19.4. The SMILES string of the molecule is CCOC(=O)C1(C)CCN(C2=CC(C=O)CC(C(F)(F)F)=C2)CC1. The number of esters is 1. The maximum Gasteiger partial charge on any atom is 0.412 e. The lowest BCUT2D eigenvalue weighted by atomic mass is 9.80. The Balaban J connectivity index is 2.12. The van der Waals surface area contributed by atoms with E-state index >= 15 is 0 Å². The van der Waals surface area contributed by atoms with Gasteiger partial charge in [-0.3, -0.25) is 4.79 Å². The molecule has 0 radical (unpaired) electrons. The Hall–Kier alpha value is -1.79. The Morgan fingerprint density at radius 1 is 1.42 bits per heavy atom. The number of nitrogens with zero attached hydrogens (tertiary/aromatic N) is 1. The molecule has 0 aromatic rings. The number of carbonyl (C=O) groups excluding carboxylic acids is 2. The molecular formula is C17H22F3NO3. The lowest BCUT2D eigenvalue weighted by Crippen LogP contribution is -2.43. The predicted molar refractivity (Wildman–Crippen MR) is 81.9 cm³/mol. The number of allylic oxidation sites excluding steroid dienone is 3. The minimum atomic E-state index is -4.43. The van der Waals surface area contributed by atoms with Gasteiger partial charge in [0.15, 0.2) is 0 Å². The van der Waals surface area contributed by atoms with Crippen LogP contribution in [0.4, 0.5) is 13.2 Å². The first kappa shape index (κ1) is 18.5. The summed E-state index contributed by atoms with van der Waals surface area (Å²) < 4.78 is 44.1. The van der Waals surface area contributed by atoms with E-state index in [0.29, 0.717) is 44.5 Å². The minimum Gasteiger partial charge on any atom is -0.466 e. The van der Waals surface area contributed by atoms with Crippen LogP contribution in [0, 0.1) is 11.3 Å². The standard InChI is InChI=1S/C17H22F3NO3/c1-3-24-15(23)16(2)4-6-21(7-5-16)14-9-12(11-22)8-13(10-14)17(18,19)20/h9-12H,3-8H2,1-2H3. The quantitative estimate of drug-likeness (QED) is 0.580. The first-order valence-electron chi connectivity index (χ1n) is 8.06. The molecular weight excluding hydrogens is 323 g/mol. The number of halogens is 3. The van der Waals surface area contributed by atoms with Gasteiger partial charge in [0.1, 0.15) is 6.29 Å². The summed E-state index contributed by atoms with van der Waals surface area (Å²) in [5, 5.41) is 0. The summed E-state index contributed by atoms with van der Waals surface area (Å²) in [5.41, 5.74) is -0.880. The summed E-state index contributed by atoms with van der Waals surface area (Å²) in [5.74, 6) is -1.03. The molecule has 1 aliphatic carbocycles.